The van der Waals surface area contributed by atoms with E-state index in [2.05, 4.69) is 11.0 Å². The van der Waals surface area contributed by atoms with Gasteiger partial charge in [0, 0.05) is 12.1 Å². The molecule has 0 radical (unpaired) electrons. The van der Waals surface area contributed by atoms with Gasteiger partial charge in [-0.05, 0) is 61.4 Å². The molecular weight excluding hydrogens is 262 g/mol. The molecule has 0 bridgehead atoms. The molecule has 0 aromatic heterocycles. The molecule has 0 amide bonds. The van der Waals surface area contributed by atoms with Crippen molar-refractivity contribution in [2.75, 3.05) is 13.7 Å². The number of fused-ring (bicyclic) bond motifs is 2. The topological polar surface area (TPSA) is 32.7 Å². The van der Waals surface area contributed by atoms with Crippen LogP contribution >= 0.6 is 0 Å². The molecule has 0 spiro atoms. The van der Waals surface area contributed by atoms with E-state index in [0.29, 0.717) is 0 Å². The number of rotatable bonds is 2. The van der Waals surface area contributed by atoms with Gasteiger partial charge in [0.2, 0.25) is 0 Å². The lowest BCUT2D eigenvalue weighted by atomic mass is 9.85. The molecule has 1 aromatic rings. The van der Waals surface area contributed by atoms with Crippen molar-refractivity contribution < 1.29 is 9.84 Å². The molecule has 2 aliphatic carbocycles. The van der Waals surface area contributed by atoms with E-state index in [1.807, 2.05) is 12.1 Å². The lowest BCUT2D eigenvalue weighted by Gasteiger charge is -2.36. The van der Waals surface area contributed by atoms with Crippen LogP contribution in [-0.2, 0) is 6.42 Å². The van der Waals surface area contributed by atoms with Crippen molar-refractivity contribution in [3.8, 4) is 5.75 Å². The smallest absolute Gasteiger partial charge is 0.119 e. The minimum absolute atomic E-state index is 0.278. The van der Waals surface area contributed by atoms with Gasteiger partial charge in [-0.2, -0.15) is 0 Å². The van der Waals surface area contributed by atoms with E-state index in [9.17, 15) is 5.11 Å². The van der Waals surface area contributed by atoms with Crippen LogP contribution in [0.3, 0.4) is 0 Å². The number of ether oxygens (including phenoxy) is 1. The largest absolute Gasteiger partial charge is 0.497 e. The first kappa shape index (κ1) is 13.6. The van der Waals surface area contributed by atoms with E-state index >= 15 is 0 Å². The van der Waals surface area contributed by atoms with Gasteiger partial charge in [0.1, 0.15) is 5.75 Å². The van der Waals surface area contributed by atoms with Crippen LogP contribution < -0.4 is 4.74 Å². The Bertz CT molecular complexity index is 530. The van der Waals surface area contributed by atoms with Crippen molar-refractivity contribution in [2.45, 2.75) is 56.7 Å². The summed E-state index contributed by atoms with van der Waals surface area (Å²) in [6.07, 6.45) is 7.45. The Kier molecular flexibility index (Phi) is 3.43. The van der Waals surface area contributed by atoms with Crippen molar-refractivity contribution in [3.63, 3.8) is 0 Å². The quantitative estimate of drug-likeness (QED) is 0.908. The fourth-order valence-corrected chi connectivity index (χ4v) is 4.86. The second-order valence-electron chi connectivity index (χ2n) is 6.92. The molecule has 21 heavy (non-hydrogen) atoms. The molecule has 114 valence electrons. The fourth-order valence-electron chi connectivity index (χ4n) is 4.86. The van der Waals surface area contributed by atoms with E-state index in [4.69, 9.17) is 4.74 Å². The van der Waals surface area contributed by atoms with Gasteiger partial charge in [0.25, 0.3) is 0 Å². The highest BCUT2D eigenvalue weighted by molar-refractivity contribution is 5.42. The Morgan fingerprint density at radius 3 is 2.86 bits per heavy atom. The molecule has 1 aromatic carbocycles. The Morgan fingerprint density at radius 2 is 2.00 bits per heavy atom. The average Bonchev–Trinajstić information content (AvgIpc) is 3.08. The van der Waals surface area contributed by atoms with Crippen molar-refractivity contribution in [3.05, 3.63) is 29.3 Å². The van der Waals surface area contributed by atoms with E-state index in [-0.39, 0.29) is 12.1 Å². The second kappa shape index (κ2) is 5.29. The SMILES string of the molecule is COc1ccc2c(c1)C(O)C(N1CCC3CCCCC31)C2. The summed E-state index contributed by atoms with van der Waals surface area (Å²) < 4.78 is 5.31. The molecule has 3 aliphatic rings. The van der Waals surface area contributed by atoms with Crippen LogP contribution in [0.25, 0.3) is 0 Å². The molecule has 1 saturated heterocycles. The molecule has 1 N–H and O–H groups in total. The molecule has 4 rings (SSSR count). The highest BCUT2D eigenvalue weighted by Crippen LogP contribution is 2.43. The van der Waals surface area contributed by atoms with Crippen LogP contribution in [0.15, 0.2) is 18.2 Å². The van der Waals surface area contributed by atoms with Crippen LogP contribution in [0, 0.1) is 5.92 Å². The predicted octanol–water partition coefficient (Wildman–Crippen LogP) is 2.92. The van der Waals surface area contributed by atoms with E-state index in [1.165, 1.54) is 44.2 Å². The fraction of sp³-hybridized carbons (Fsp3) is 0.667. The maximum absolute atomic E-state index is 10.8. The molecule has 1 aliphatic heterocycles. The third-order valence-corrected chi connectivity index (χ3v) is 5.94. The molecule has 4 atom stereocenters. The zero-order chi connectivity index (χ0) is 14.4. The summed E-state index contributed by atoms with van der Waals surface area (Å²) in [4.78, 5) is 2.63. The first-order chi connectivity index (χ1) is 10.3. The Hall–Kier alpha value is -1.06. The van der Waals surface area contributed by atoms with E-state index in [0.717, 1.165) is 29.7 Å². The lowest BCUT2D eigenvalue weighted by molar-refractivity contribution is 0.0388. The Balaban J connectivity index is 1.57. The van der Waals surface area contributed by atoms with Gasteiger partial charge >= 0.3 is 0 Å². The third kappa shape index (κ3) is 2.18. The van der Waals surface area contributed by atoms with E-state index < -0.39 is 0 Å². The minimum atomic E-state index is -0.351. The number of benzene rings is 1. The summed E-state index contributed by atoms with van der Waals surface area (Å²) in [5.74, 6) is 1.73. The van der Waals surface area contributed by atoms with Crippen molar-refractivity contribution in [1.29, 1.82) is 0 Å². The lowest BCUT2D eigenvalue weighted by Crippen LogP contribution is -2.44. The highest BCUT2D eigenvalue weighted by atomic mass is 16.5. The molecule has 3 nitrogen and oxygen atoms in total. The maximum Gasteiger partial charge on any atom is 0.119 e. The summed E-state index contributed by atoms with van der Waals surface area (Å²) in [6.45, 7) is 1.17. The molecule has 1 saturated carbocycles. The van der Waals surface area contributed by atoms with E-state index in [1.54, 1.807) is 7.11 Å². The van der Waals surface area contributed by atoms with Crippen LogP contribution in [0.5, 0.6) is 5.75 Å². The average molecular weight is 287 g/mol. The first-order valence-electron chi connectivity index (χ1n) is 8.38. The maximum atomic E-state index is 10.8. The molecule has 3 heteroatoms. The first-order valence-corrected chi connectivity index (χ1v) is 8.38. The zero-order valence-electron chi connectivity index (χ0n) is 12.8. The number of hydrogen-bond donors (Lipinski definition) is 1. The summed E-state index contributed by atoms with van der Waals surface area (Å²) in [6, 6.07) is 7.16. The van der Waals surface area contributed by atoms with Crippen molar-refractivity contribution in [2.24, 2.45) is 5.92 Å². The van der Waals surface area contributed by atoms with Gasteiger partial charge in [0.15, 0.2) is 0 Å². The minimum Gasteiger partial charge on any atom is -0.497 e. The summed E-state index contributed by atoms with van der Waals surface area (Å²) in [7, 11) is 1.69. The van der Waals surface area contributed by atoms with Gasteiger partial charge in [-0.15, -0.1) is 0 Å². The van der Waals surface area contributed by atoms with Crippen LogP contribution in [-0.4, -0.2) is 35.7 Å². The van der Waals surface area contributed by atoms with Gasteiger partial charge in [0.05, 0.1) is 13.2 Å². The summed E-state index contributed by atoms with van der Waals surface area (Å²) in [5.41, 5.74) is 2.38. The highest BCUT2D eigenvalue weighted by Gasteiger charge is 2.44. The molecule has 4 unspecified atom stereocenters. The third-order valence-electron chi connectivity index (χ3n) is 5.94. The Morgan fingerprint density at radius 1 is 1.14 bits per heavy atom. The van der Waals surface area contributed by atoms with Crippen LogP contribution in [0.4, 0.5) is 0 Å². The summed E-state index contributed by atoms with van der Waals surface area (Å²) in [5, 5.41) is 10.8. The van der Waals surface area contributed by atoms with Crippen LogP contribution in [0.2, 0.25) is 0 Å². The second-order valence-corrected chi connectivity index (χ2v) is 6.92. The van der Waals surface area contributed by atoms with Gasteiger partial charge in [-0.1, -0.05) is 18.9 Å². The number of hydrogen-bond acceptors (Lipinski definition) is 3. The molecule has 1 heterocycles. The van der Waals surface area contributed by atoms with Gasteiger partial charge in [-0.25, -0.2) is 0 Å². The molecule has 2 fully saturated rings. The number of aliphatic hydroxyl groups is 1. The number of methoxy groups -OCH3 is 1. The van der Waals surface area contributed by atoms with Crippen LogP contribution in [0.1, 0.15) is 49.3 Å². The normalized spacial score (nSPS) is 35.5. The van der Waals surface area contributed by atoms with Crippen molar-refractivity contribution in [1.82, 2.24) is 4.90 Å². The standard InChI is InChI=1S/C18H25NO2/c1-21-14-7-6-13-10-17(18(20)15(13)11-14)19-9-8-12-4-2-3-5-16(12)19/h6-7,11-12,16-18,20H,2-5,8-10H2,1H3. The number of likely N-dealkylation sites (tertiary alicyclic amines) is 1. The van der Waals surface area contributed by atoms with Gasteiger partial charge < -0.3 is 9.84 Å². The molecular formula is C18H25NO2. The summed E-state index contributed by atoms with van der Waals surface area (Å²) >= 11 is 0. The number of nitrogens with zero attached hydrogens (tertiary/aromatic N) is 1. The van der Waals surface area contributed by atoms with Gasteiger partial charge in [-0.3, -0.25) is 4.90 Å². The zero-order valence-corrected chi connectivity index (χ0v) is 12.8. The van der Waals surface area contributed by atoms with Crippen molar-refractivity contribution >= 4 is 0 Å². The monoisotopic (exact) mass is 287 g/mol. The Labute approximate surface area is 126 Å². The predicted molar refractivity (Wildman–Crippen MR) is 82.5 cm³/mol. The number of aliphatic hydroxyl groups excluding tert-OH is 1.